The van der Waals surface area contributed by atoms with E-state index in [1.807, 2.05) is 67.8 Å². The molecule has 7 nitrogen and oxygen atoms in total. The minimum absolute atomic E-state index is 0.143. The lowest BCUT2D eigenvalue weighted by Gasteiger charge is -2.34. The van der Waals surface area contributed by atoms with Gasteiger partial charge in [-0.05, 0) is 85.5 Å². The van der Waals surface area contributed by atoms with Gasteiger partial charge in [0.2, 0.25) is 0 Å². The molecule has 0 bridgehead atoms. The molecule has 1 fully saturated rings. The van der Waals surface area contributed by atoms with Gasteiger partial charge in [-0.15, -0.1) is 11.8 Å². The Morgan fingerprint density at radius 1 is 0.900 bits per heavy atom. The molecule has 5 rings (SSSR count). The number of methoxy groups -OCH3 is 1. The number of para-hydroxylation sites is 1. The number of anilines is 1. The summed E-state index contributed by atoms with van der Waals surface area (Å²) in [7, 11) is 1.60. The van der Waals surface area contributed by atoms with Gasteiger partial charge in [0.05, 0.1) is 24.1 Å². The number of benzene rings is 3. The smallest absolute Gasteiger partial charge is 0.321 e. The van der Waals surface area contributed by atoms with E-state index >= 15 is 0 Å². The molecule has 206 valence electrons. The van der Waals surface area contributed by atoms with Crippen LogP contribution in [0.3, 0.4) is 0 Å². The number of hydrogen-bond donors (Lipinski definition) is 1. The van der Waals surface area contributed by atoms with Crippen LogP contribution in [-0.2, 0) is 0 Å². The summed E-state index contributed by atoms with van der Waals surface area (Å²) in [4.78, 5) is 31.2. The third kappa shape index (κ3) is 5.56. The zero-order valence-corrected chi connectivity index (χ0v) is 23.5. The number of nitrogens with zero attached hydrogens (tertiary/aromatic N) is 3. The SMILES string of the molecule is COc1ccc(-c2cc(C(=O)N3CCN(C(=O)Nc4ccc(SC)cc4)CC3)c(C)n2-c2ccccc2F)cc1. The van der Waals surface area contributed by atoms with E-state index in [1.54, 1.807) is 51.4 Å². The predicted molar refractivity (Wildman–Crippen MR) is 157 cm³/mol. The van der Waals surface area contributed by atoms with Crippen LogP contribution in [-0.4, -0.2) is 65.8 Å². The molecule has 1 aliphatic heterocycles. The standard InChI is InChI=1S/C31H31FN4O3S/c1-21-26(20-29(22-8-12-24(39-2)13-9-22)36(21)28-7-5-4-6-27(28)32)30(37)34-16-18-35(19-17-34)31(38)33-23-10-14-25(40-3)15-11-23/h4-15,20H,16-19H2,1-3H3,(H,33,38). The number of amides is 3. The molecule has 1 aromatic heterocycles. The minimum Gasteiger partial charge on any atom is -0.497 e. The van der Waals surface area contributed by atoms with Crippen LogP contribution >= 0.6 is 11.8 Å². The quantitative estimate of drug-likeness (QED) is 0.282. The van der Waals surface area contributed by atoms with Crippen LogP contribution in [0.5, 0.6) is 5.75 Å². The number of carbonyl (C=O) groups is 2. The summed E-state index contributed by atoms with van der Waals surface area (Å²) in [5, 5.41) is 2.93. The summed E-state index contributed by atoms with van der Waals surface area (Å²) in [6.45, 7) is 3.47. The van der Waals surface area contributed by atoms with Crippen molar-refractivity contribution in [3.05, 3.63) is 95.9 Å². The third-order valence-corrected chi connectivity index (χ3v) is 7.90. The summed E-state index contributed by atoms with van der Waals surface area (Å²) in [6.07, 6.45) is 2.00. The predicted octanol–water partition coefficient (Wildman–Crippen LogP) is 6.31. The van der Waals surface area contributed by atoms with Gasteiger partial charge >= 0.3 is 6.03 Å². The average Bonchev–Trinajstić information content (AvgIpc) is 3.34. The molecule has 40 heavy (non-hydrogen) atoms. The minimum atomic E-state index is -0.377. The van der Waals surface area contributed by atoms with Gasteiger partial charge in [0.15, 0.2) is 0 Å². The number of rotatable bonds is 6. The van der Waals surface area contributed by atoms with Gasteiger partial charge in [-0.25, -0.2) is 9.18 Å². The molecule has 9 heteroatoms. The zero-order chi connectivity index (χ0) is 28.2. The highest BCUT2D eigenvalue weighted by molar-refractivity contribution is 7.98. The number of aromatic nitrogens is 1. The highest BCUT2D eigenvalue weighted by atomic mass is 32.2. The summed E-state index contributed by atoms with van der Waals surface area (Å²) < 4.78 is 22.0. The molecular weight excluding hydrogens is 527 g/mol. The lowest BCUT2D eigenvalue weighted by molar-refractivity contribution is 0.0671. The molecule has 0 unspecified atom stereocenters. The summed E-state index contributed by atoms with van der Waals surface area (Å²) in [5.41, 5.74) is 3.79. The third-order valence-electron chi connectivity index (χ3n) is 7.15. The highest BCUT2D eigenvalue weighted by Gasteiger charge is 2.28. The number of thioether (sulfide) groups is 1. The number of urea groups is 1. The molecule has 1 N–H and O–H groups in total. The lowest BCUT2D eigenvalue weighted by Crippen LogP contribution is -2.51. The van der Waals surface area contributed by atoms with Gasteiger partial charge in [-0.2, -0.15) is 0 Å². The van der Waals surface area contributed by atoms with Gasteiger partial charge in [0.25, 0.3) is 5.91 Å². The Hall–Kier alpha value is -4.24. The maximum absolute atomic E-state index is 15.0. The number of ether oxygens (including phenoxy) is 1. The molecule has 1 aliphatic rings. The number of halogens is 1. The van der Waals surface area contributed by atoms with Crippen LogP contribution in [0.25, 0.3) is 16.9 Å². The van der Waals surface area contributed by atoms with Crippen molar-refractivity contribution in [1.82, 2.24) is 14.4 Å². The molecule has 0 spiro atoms. The topological polar surface area (TPSA) is 66.8 Å². The van der Waals surface area contributed by atoms with E-state index < -0.39 is 0 Å². The van der Waals surface area contributed by atoms with Crippen molar-refractivity contribution in [3.63, 3.8) is 0 Å². The molecule has 0 radical (unpaired) electrons. The largest absolute Gasteiger partial charge is 0.497 e. The van der Waals surface area contributed by atoms with Crippen molar-refractivity contribution in [3.8, 4) is 22.7 Å². The molecule has 2 heterocycles. The van der Waals surface area contributed by atoms with Crippen LogP contribution < -0.4 is 10.1 Å². The molecule has 3 aromatic carbocycles. The monoisotopic (exact) mass is 558 g/mol. The summed E-state index contributed by atoms with van der Waals surface area (Å²) in [5.74, 6) is 0.187. The molecule has 3 amide bonds. The average molecular weight is 559 g/mol. The van der Waals surface area contributed by atoms with Crippen LogP contribution in [0.15, 0.2) is 83.8 Å². The molecule has 4 aromatic rings. The maximum Gasteiger partial charge on any atom is 0.321 e. The summed E-state index contributed by atoms with van der Waals surface area (Å²) in [6, 6.07) is 23.3. The zero-order valence-electron chi connectivity index (χ0n) is 22.7. The van der Waals surface area contributed by atoms with Gasteiger partial charge in [0.1, 0.15) is 11.6 Å². The Labute approximate surface area is 237 Å². The molecular formula is C31H31FN4O3S. The van der Waals surface area contributed by atoms with E-state index in [4.69, 9.17) is 4.74 Å². The van der Waals surface area contributed by atoms with Crippen LogP contribution in [0.4, 0.5) is 14.9 Å². The van der Waals surface area contributed by atoms with Crippen LogP contribution in [0, 0.1) is 12.7 Å². The first-order valence-electron chi connectivity index (χ1n) is 13.0. The Morgan fingerprint density at radius 3 is 2.17 bits per heavy atom. The van der Waals surface area contributed by atoms with Crippen molar-refractivity contribution in [1.29, 1.82) is 0 Å². The molecule has 0 aliphatic carbocycles. The second kappa shape index (κ2) is 11.9. The molecule has 0 saturated carbocycles. The van der Waals surface area contributed by atoms with Crippen molar-refractivity contribution >= 4 is 29.4 Å². The van der Waals surface area contributed by atoms with E-state index in [0.717, 1.165) is 16.1 Å². The van der Waals surface area contributed by atoms with E-state index in [9.17, 15) is 14.0 Å². The maximum atomic E-state index is 15.0. The Balaban J connectivity index is 1.36. The van der Waals surface area contributed by atoms with E-state index in [2.05, 4.69) is 5.32 Å². The first-order chi connectivity index (χ1) is 19.4. The second-order valence-corrected chi connectivity index (χ2v) is 10.4. The van der Waals surface area contributed by atoms with Crippen molar-refractivity contribution < 1.29 is 18.7 Å². The first-order valence-corrected chi connectivity index (χ1v) is 14.2. The number of hydrogen-bond acceptors (Lipinski definition) is 4. The van der Waals surface area contributed by atoms with Crippen LogP contribution in [0.1, 0.15) is 16.1 Å². The fraction of sp³-hybridized carbons (Fsp3) is 0.226. The van der Waals surface area contributed by atoms with Crippen molar-refractivity contribution in [2.45, 2.75) is 11.8 Å². The second-order valence-electron chi connectivity index (χ2n) is 9.48. The lowest BCUT2D eigenvalue weighted by atomic mass is 10.1. The van der Waals surface area contributed by atoms with Gasteiger partial charge in [-0.3, -0.25) is 4.79 Å². The molecule has 1 saturated heterocycles. The fourth-order valence-electron chi connectivity index (χ4n) is 4.90. The van der Waals surface area contributed by atoms with Gasteiger partial charge in [-0.1, -0.05) is 12.1 Å². The Bertz CT molecular complexity index is 1510. The van der Waals surface area contributed by atoms with E-state index in [0.29, 0.717) is 54.6 Å². The Kier molecular flexibility index (Phi) is 8.11. The number of piperazine rings is 1. The normalized spacial score (nSPS) is 13.3. The fourth-order valence-corrected chi connectivity index (χ4v) is 5.31. The van der Waals surface area contributed by atoms with Crippen molar-refractivity contribution in [2.75, 3.05) is 44.9 Å². The molecule has 0 atom stereocenters. The van der Waals surface area contributed by atoms with Crippen molar-refractivity contribution in [2.24, 2.45) is 0 Å². The van der Waals surface area contributed by atoms with Gasteiger partial charge in [0, 0.05) is 42.5 Å². The van der Waals surface area contributed by atoms with E-state index in [1.165, 1.54) is 6.07 Å². The number of nitrogens with one attached hydrogen (secondary N) is 1. The summed E-state index contributed by atoms with van der Waals surface area (Å²) >= 11 is 1.64. The highest BCUT2D eigenvalue weighted by Crippen LogP contribution is 2.32. The van der Waals surface area contributed by atoms with E-state index in [-0.39, 0.29) is 17.8 Å². The first kappa shape index (κ1) is 27.3. The van der Waals surface area contributed by atoms with Gasteiger partial charge < -0.3 is 24.4 Å². The van der Waals surface area contributed by atoms with Crippen LogP contribution in [0.2, 0.25) is 0 Å². The Morgan fingerprint density at radius 2 is 1.55 bits per heavy atom. The number of carbonyl (C=O) groups excluding carboxylic acids is 2.